The molecule has 2 aromatic rings. The second-order valence-electron chi connectivity index (χ2n) is 5.45. The fourth-order valence-electron chi connectivity index (χ4n) is 2.67. The fourth-order valence-corrected chi connectivity index (χ4v) is 3.19. The van der Waals surface area contributed by atoms with Crippen LogP contribution in [0.5, 0.6) is 0 Å². The molecule has 0 aliphatic carbocycles. The molecule has 5 heteroatoms. The predicted molar refractivity (Wildman–Crippen MR) is 91.8 cm³/mol. The van der Waals surface area contributed by atoms with Crippen LogP contribution in [-0.4, -0.2) is 11.9 Å². The third kappa shape index (κ3) is 2.92. The third-order valence-electron chi connectivity index (χ3n) is 3.76. The number of benzene rings is 2. The molecule has 0 radical (unpaired) electrons. The van der Waals surface area contributed by atoms with Crippen LogP contribution in [0.2, 0.25) is 10.0 Å². The standard InChI is InChI=1S/C17H16Cl2N2O/c1-11-9-17(22)21(16-8-3-2-7-15(16)20-11)10-12-13(18)5-4-6-14(12)19/h2-8,11,20H,9-10H2,1H3. The number of nitrogens with one attached hydrogen (secondary N) is 1. The summed E-state index contributed by atoms with van der Waals surface area (Å²) in [4.78, 5) is 14.4. The summed E-state index contributed by atoms with van der Waals surface area (Å²) in [6.45, 7) is 2.36. The van der Waals surface area contributed by atoms with E-state index in [0.717, 1.165) is 16.9 Å². The Morgan fingerprint density at radius 1 is 1.14 bits per heavy atom. The Bertz CT molecular complexity index is 697. The molecule has 3 rings (SSSR count). The number of carbonyl (C=O) groups excluding carboxylic acids is 1. The monoisotopic (exact) mass is 334 g/mol. The van der Waals surface area contributed by atoms with Crippen molar-refractivity contribution in [3.05, 3.63) is 58.1 Å². The minimum atomic E-state index is 0.0564. The van der Waals surface area contributed by atoms with Gasteiger partial charge in [0, 0.05) is 28.1 Å². The van der Waals surface area contributed by atoms with Crippen LogP contribution in [0.1, 0.15) is 18.9 Å². The topological polar surface area (TPSA) is 32.3 Å². The minimum Gasteiger partial charge on any atom is -0.380 e. The van der Waals surface area contributed by atoms with Crippen molar-refractivity contribution in [3.8, 4) is 0 Å². The van der Waals surface area contributed by atoms with E-state index >= 15 is 0 Å². The summed E-state index contributed by atoms with van der Waals surface area (Å²) >= 11 is 12.5. The smallest absolute Gasteiger partial charge is 0.229 e. The van der Waals surface area contributed by atoms with E-state index in [4.69, 9.17) is 23.2 Å². The number of hydrogen-bond acceptors (Lipinski definition) is 2. The Kier molecular flexibility index (Phi) is 4.27. The van der Waals surface area contributed by atoms with Crippen molar-refractivity contribution in [1.29, 1.82) is 0 Å². The second kappa shape index (κ2) is 6.19. The summed E-state index contributed by atoms with van der Waals surface area (Å²) < 4.78 is 0. The van der Waals surface area contributed by atoms with E-state index < -0.39 is 0 Å². The van der Waals surface area contributed by atoms with Crippen molar-refractivity contribution in [3.63, 3.8) is 0 Å². The molecule has 1 atom stereocenters. The average Bonchev–Trinajstić information content (AvgIpc) is 2.59. The van der Waals surface area contributed by atoms with Gasteiger partial charge in [0.15, 0.2) is 0 Å². The average molecular weight is 335 g/mol. The predicted octanol–water partition coefficient (Wildman–Crippen LogP) is 4.73. The van der Waals surface area contributed by atoms with Gasteiger partial charge in [-0.15, -0.1) is 0 Å². The Hall–Kier alpha value is -1.71. The Morgan fingerprint density at radius 2 is 1.82 bits per heavy atom. The van der Waals surface area contributed by atoms with Gasteiger partial charge in [-0.2, -0.15) is 0 Å². The van der Waals surface area contributed by atoms with Gasteiger partial charge in [-0.25, -0.2) is 0 Å². The van der Waals surface area contributed by atoms with Gasteiger partial charge in [0.1, 0.15) is 0 Å². The largest absolute Gasteiger partial charge is 0.380 e. The van der Waals surface area contributed by atoms with Crippen LogP contribution in [0.15, 0.2) is 42.5 Å². The molecule has 3 nitrogen and oxygen atoms in total. The molecule has 2 aromatic carbocycles. The molecule has 1 N–H and O–H groups in total. The number of halogens is 2. The van der Waals surface area contributed by atoms with Gasteiger partial charge in [-0.1, -0.05) is 41.4 Å². The number of rotatable bonds is 2. The Balaban J connectivity index is 2.03. The molecule has 22 heavy (non-hydrogen) atoms. The summed E-state index contributed by atoms with van der Waals surface area (Å²) in [5, 5.41) is 4.51. The first kappa shape index (κ1) is 15.2. The fraction of sp³-hybridized carbons (Fsp3) is 0.235. The molecule has 1 amide bonds. The van der Waals surface area contributed by atoms with Gasteiger partial charge >= 0.3 is 0 Å². The van der Waals surface area contributed by atoms with Crippen LogP contribution in [0, 0.1) is 0 Å². The van der Waals surface area contributed by atoms with E-state index in [0.29, 0.717) is 23.0 Å². The van der Waals surface area contributed by atoms with E-state index in [1.165, 1.54) is 0 Å². The van der Waals surface area contributed by atoms with Gasteiger partial charge in [0.2, 0.25) is 5.91 Å². The molecule has 0 aromatic heterocycles. The summed E-state index contributed by atoms with van der Waals surface area (Å²) in [5.41, 5.74) is 2.57. The molecule has 1 aliphatic rings. The van der Waals surface area contributed by atoms with Gasteiger partial charge in [-0.05, 0) is 31.2 Å². The zero-order chi connectivity index (χ0) is 15.7. The first-order chi connectivity index (χ1) is 10.6. The number of para-hydroxylation sites is 2. The van der Waals surface area contributed by atoms with E-state index in [2.05, 4.69) is 5.32 Å². The van der Waals surface area contributed by atoms with Crippen molar-refractivity contribution in [1.82, 2.24) is 0 Å². The Morgan fingerprint density at radius 3 is 2.55 bits per heavy atom. The highest BCUT2D eigenvalue weighted by molar-refractivity contribution is 6.36. The molecule has 0 bridgehead atoms. The zero-order valence-corrected chi connectivity index (χ0v) is 13.7. The maximum absolute atomic E-state index is 12.6. The van der Waals surface area contributed by atoms with Crippen molar-refractivity contribution < 1.29 is 4.79 Å². The molecule has 114 valence electrons. The summed E-state index contributed by atoms with van der Waals surface area (Å²) in [5.74, 6) is 0.0564. The molecule has 0 saturated heterocycles. The number of nitrogens with zero attached hydrogens (tertiary/aromatic N) is 1. The van der Waals surface area contributed by atoms with Gasteiger partial charge in [-0.3, -0.25) is 4.79 Å². The van der Waals surface area contributed by atoms with Gasteiger partial charge in [0.25, 0.3) is 0 Å². The molecular weight excluding hydrogens is 319 g/mol. The second-order valence-corrected chi connectivity index (χ2v) is 6.26. The number of anilines is 2. The SMILES string of the molecule is CC1CC(=O)N(Cc2c(Cl)cccc2Cl)c2ccccc2N1. The minimum absolute atomic E-state index is 0.0564. The maximum Gasteiger partial charge on any atom is 0.229 e. The van der Waals surface area contributed by atoms with Gasteiger partial charge < -0.3 is 10.2 Å². The number of fused-ring (bicyclic) bond motifs is 1. The molecule has 0 fully saturated rings. The molecule has 1 unspecified atom stereocenters. The first-order valence-corrected chi connectivity index (χ1v) is 7.90. The van der Waals surface area contributed by atoms with E-state index in [9.17, 15) is 4.79 Å². The van der Waals surface area contributed by atoms with Crippen LogP contribution >= 0.6 is 23.2 Å². The van der Waals surface area contributed by atoms with Crippen LogP contribution in [-0.2, 0) is 11.3 Å². The lowest BCUT2D eigenvalue weighted by atomic mass is 10.1. The van der Waals surface area contributed by atoms with Crippen molar-refractivity contribution >= 4 is 40.5 Å². The molecule has 1 heterocycles. The summed E-state index contributed by atoms with van der Waals surface area (Å²) in [6, 6.07) is 13.3. The molecular formula is C17H16Cl2N2O. The third-order valence-corrected chi connectivity index (χ3v) is 4.46. The number of hydrogen-bond donors (Lipinski definition) is 1. The normalized spacial score (nSPS) is 17.7. The van der Waals surface area contributed by atoms with Crippen LogP contribution in [0.25, 0.3) is 0 Å². The molecule has 0 saturated carbocycles. The quantitative estimate of drug-likeness (QED) is 0.860. The van der Waals surface area contributed by atoms with Crippen molar-refractivity contribution in [2.45, 2.75) is 25.9 Å². The van der Waals surface area contributed by atoms with Gasteiger partial charge in [0.05, 0.1) is 17.9 Å². The van der Waals surface area contributed by atoms with Crippen LogP contribution < -0.4 is 10.2 Å². The van der Waals surface area contributed by atoms with E-state index in [-0.39, 0.29) is 11.9 Å². The number of carbonyl (C=O) groups is 1. The van der Waals surface area contributed by atoms with Crippen LogP contribution in [0.3, 0.4) is 0 Å². The lowest BCUT2D eigenvalue weighted by Crippen LogP contribution is -2.31. The highest BCUT2D eigenvalue weighted by atomic mass is 35.5. The molecule has 0 spiro atoms. The number of amides is 1. The van der Waals surface area contributed by atoms with Crippen molar-refractivity contribution in [2.24, 2.45) is 0 Å². The van der Waals surface area contributed by atoms with E-state index in [1.807, 2.05) is 31.2 Å². The highest BCUT2D eigenvalue weighted by Crippen LogP contribution is 2.34. The first-order valence-electron chi connectivity index (χ1n) is 7.15. The highest BCUT2D eigenvalue weighted by Gasteiger charge is 2.26. The molecule has 1 aliphatic heterocycles. The lowest BCUT2D eigenvalue weighted by molar-refractivity contribution is -0.118. The lowest BCUT2D eigenvalue weighted by Gasteiger charge is -2.23. The summed E-state index contributed by atoms with van der Waals surface area (Å²) in [6.07, 6.45) is 0.427. The van der Waals surface area contributed by atoms with Crippen molar-refractivity contribution in [2.75, 3.05) is 10.2 Å². The van der Waals surface area contributed by atoms with E-state index in [1.54, 1.807) is 23.1 Å². The summed E-state index contributed by atoms with van der Waals surface area (Å²) in [7, 11) is 0. The zero-order valence-electron chi connectivity index (χ0n) is 12.1. The maximum atomic E-state index is 12.6. The van der Waals surface area contributed by atoms with Crippen LogP contribution in [0.4, 0.5) is 11.4 Å². The Labute approximate surface area is 139 Å².